The molecule has 0 spiro atoms. The number of benzene rings is 2. The van der Waals surface area contributed by atoms with Crippen LogP contribution in [-0.4, -0.2) is 11.1 Å². The van der Waals surface area contributed by atoms with E-state index in [-0.39, 0.29) is 11.4 Å². The van der Waals surface area contributed by atoms with E-state index >= 15 is 0 Å². The second-order valence-electron chi connectivity index (χ2n) is 4.23. The van der Waals surface area contributed by atoms with Crippen molar-refractivity contribution >= 4 is 12.0 Å². The standard InChI is InChI=1S/C16H13FO2/c1-11(16(18)19)10-13-4-2-3-5-15(13)12-6-8-14(17)9-7-12/h2-10H,1H3,(H,18,19)/b11-10+. The summed E-state index contributed by atoms with van der Waals surface area (Å²) in [5.74, 6) is -1.24. The highest BCUT2D eigenvalue weighted by Gasteiger charge is 2.05. The van der Waals surface area contributed by atoms with Crippen molar-refractivity contribution in [3.63, 3.8) is 0 Å². The monoisotopic (exact) mass is 256 g/mol. The SMILES string of the molecule is C/C(=C\c1ccccc1-c1ccc(F)cc1)C(=O)O. The Morgan fingerprint density at radius 3 is 2.37 bits per heavy atom. The molecule has 0 unspecified atom stereocenters. The maximum absolute atomic E-state index is 12.9. The van der Waals surface area contributed by atoms with Crippen LogP contribution in [0.4, 0.5) is 4.39 Å². The van der Waals surface area contributed by atoms with Crippen LogP contribution in [0.25, 0.3) is 17.2 Å². The largest absolute Gasteiger partial charge is 0.478 e. The predicted octanol–water partition coefficient (Wildman–Crippen LogP) is 3.98. The molecule has 0 aliphatic heterocycles. The lowest BCUT2D eigenvalue weighted by molar-refractivity contribution is -0.132. The molecule has 0 heterocycles. The predicted molar refractivity (Wildman–Crippen MR) is 73.1 cm³/mol. The Labute approximate surface area is 110 Å². The maximum Gasteiger partial charge on any atom is 0.331 e. The van der Waals surface area contributed by atoms with Gasteiger partial charge in [0.25, 0.3) is 0 Å². The minimum atomic E-state index is -0.950. The Kier molecular flexibility index (Phi) is 3.76. The molecule has 0 aromatic heterocycles. The van der Waals surface area contributed by atoms with Crippen LogP contribution in [0, 0.1) is 5.82 Å². The highest BCUT2D eigenvalue weighted by molar-refractivity contribution is 5.93. The van der Waals surface area contributed by atoms with Crippen molar-refractivity contribution in [2.45, 2.75) is 6.92 Å². The molecule has 0 aliphatic rings. The minimum Gasteiger partial charge on any atom is -0.478 e. The first kappa shape index (κ1) is 13.0. The number of carbonyl (C=O) groups is 1. The van der Waals surface area contributed by atoms with Crippen molar-refractivity contribution < 1.29 is 14.3 Å². The van der Waals surface area contributed by atoms with E-state index in [1.54, 1.807) is 25.1 Å². The lowest BCUT2D eigenvalue weighted by atomic mass is 9.98. The molecule has 96 valence electrons. The summed E-state index contributed by atoms with van der Waals surface area (Å²) in [7, 11) is 0. The van der Waals surface area contributed by atoms with E-state index in [9.17, 15) is 9.18 Å². The molecule has 2 aromatic rings. The van der Waals surface area contributed by atoms with Gasteiger partial charge in [-0.2, -0.15) is 0 Å². The van der Waals surface area contributed by atoms with Crippen LogP contribution in [0.2, 0.25) is 0 Å². The topological polar surface area (TPSA) is 37.3 Å². The Morgan fingerprint density at radius 1 is 1.11 bits per heavy atom. The lowest BCUT2D eigenvalue weighted by Crippen LogP contribution is -1.96. The van der Waals surface area contributed by atoms with Gasteiger partial charge < -0.3 is 5.11 Å². The maximum atomic E-state index is 12.9. The Hall–Kier alpha value is -2.42. The van der Waals surface area contributed by atoms with Crippen LogP contribution in [0.15, 0.2) is 54.1 Å². The molecule has 0 bridgehead atoms. The molecule has 0 aliphatic carbocycles. The zero-order valence-corrected chi connectivity index (χ0v) is 10.4. The zero-order chi connectivity index (χ0) is 13.8. The van der Waals surface area contributed by atoms with E-state index in [1.807, 2.05) is 24.3 Å². The van der Waals surface area contributed by atoms with Crippen LogP contribution in [0.3, 0.4) is 0 Å². The van der Waals surface area contributed by atoms with Crippen molar-refractivity contribution in [1.82, 2.24) is 0 Å². The first-order valence-corrected chi connectivity index (χ1v) is 5.84. The second kappa shape index (κ2) is 5.48. The molecule has 1 N–H and O–H groups in total. The van der Waals surface area contributed by atoms with Crippen LogP contribution >= 0.6 is 0 Å². The Balaban J connectivity index is 2.50. The number of hydrogen-bond acceptors (Lipinski definition) is 1. The Bertz CT molecular complexity index is 627. The average Bonchev–Trinajstić information content (AvgIpc) is 2.40. The van der Waals surface area contributed by atoms with Gasteiger partial charge in [0.2, 0.25) is 0 Å². The van der Waals surface area contributed by atoms with Gasteiger partial charge in [0.15, 0.2) is 0 Å². The molecule has 3 heteroatoms. The van der Waals surface area contributed by atoms with E-state index in [0.29, 0.717) is 0 Å². The minimum absolute atomic E-state index is 0.259. The summed E-state index contributed by atoms with van der Waals surface area (Å²) in [6, 6.07) is 13.6. The molecular formula is C16H13FO2. The summed E-state index contributed by atoms with van der Waals surface area (Å²) < 4.78 is 12.9. The van der Waals surface area contributed by atoms with Crippen LogP contribution < -0.4 is 0 Å². The van der Waals surface area contributed by atoms with Gasteiger partial charge in [-0.15, -0.1) is 0 Å². The number of hydrogen-bond donors (Lipinski definition) is 1. The van der Waals surface area contributed by atoms with Crippen molar-refractivity contribution in [3.05, 3.63) is 65.5 Å². The van der Waals surface area contributed by atoms with Gasteiger partial charge in [-0.25, -0.2) is 9.18 Å². The summed E-state index contributed by atoms with van der Waals surface area (Å²) in [5.41, 5.74) is 2.79. The van der Waals surface area contributed by atoms with Gasteiger partial charge in [0.05, 0.1) is 0 Å². The summed E-state index contributed by atoms with van der Waals surface area (Å²) >= 11 is 0. The van der Waals surface area contributed by atoms with E-state index < -0.39 is 5.97 Å². The molecule has 0 saturated carbocycles. The fraction of sp³-hybridized carbons (Fsp3) is 0.0625. The van der Waals surface area contributed by atoms with E-state index in [4.69, 9.17) is 5.11 Å². The van der Waals surface area contributed by atoms with E-state index in [0.717, 1.165) is 16.7 Å². The van der Waals surface area contributed by atoms with Crippen molar-refractivity contribution in [2.24, 2.45) is 0 Å². The number of halogens is 1. The summed E-state index contributed by atoms with van der Waals surface area (Å²) in [6.07, 6.45) is 1.61. The molecule has 0 radical (unpaired) electrons. The van der Waals surface area contributed by atoms with Crippen molar-refractivity contribution in [3.8, 4) is 11.1 Å². The highest BCUT2D eigenvalue weighted by atomic mass is 19.1. The molecule has 0 fully saturated rings. The van der Waals surface area contributed by atoms with Gasteiger partial charge in [-0.1, -0.05) is 36.4 Å². The van der Waals surface area contributed by atoms with Crippen molar-refractivity contribution in [2.75, 3.05) is 0 Å². The number of rotatable bonds is 3. The fourth-order valence-corrected chi connectivity index (χ4v) is 1.81. The van der Waals surface area contributed by atoms with Gasteiger partial charge in [0.1, 0.15) is 5.82 Å². The fourth-order valence-electron chi connectivity index (χ4n) is 1.81. The quantitative estimate of drug-likeness (QED) is 0.843. The van der Waals surface area contributed by atoms with Gasteiger partial charge >= 0.3 is 5.97 Å². The molecular weight excluding hydrogens is 243 g/mol. The molecule has 2 rings (SSSR count). The van der Waals surface area contributed by atoms with Crippen LogP contribution in [0.1, 0.15) is 12.5 Å². The van der Waals surface area contributed by atoms with E-state index in [2.05, 4.69) is 0 Å². The van der Waals surface area contributed by atoms with Crippen LogP contribution in [-0.2, 0) is 4.79 Å². The van der Waals surface area contributed by atoms with Gasteiger partial charge in [0, 0.05) is 5.57 Å². The molecule has 0 amide bonds. The lowest BCUT2D eigenvalue weighted by Gasteiger charge is -2.07. The molecule has 0 saturated heterocycles. The molecule has 0 atom stereocenters. The van der Waals surface area contributed by atoms with Crippen LogP contribution in [0.5, 0.6) is 0 Å². The number of carboxylic acids is 1. The normalized spacial score (nSPS) is 11.4. The number of carboxylic acid groups (broad SMARTS) is 1. The number of aliphatic carboxylic acids is 1. The summed E-state index contributed by atoms with van der Waals surface area (Å²) in [5, 5.41) is 8.92. The smallest absolute Gasteiger partial charge is 0.331 e. The summed E-state index contributed by atoms with van der Waals surface area (Å²) in [6.45, 7) is 1.55. The first-order valence-electron chi connectivity index (χ1n) is 5.84. The third kappa shape index (κ3) is 3.07. The summed E-state index contributed by atoms with van der Waals surface area (Å²) in [4.78, 5) is 10.9. The third-order valence-corrected chi connectivity index (χ3v) is 2.83. The second-order valence-corrected chi connectivity index (χ2v) is 4.23. The first-order chi connectivity index (χ1) is 9.08. The Morgan fingerprint density at radius 2 is 1.74 bits per heavy atom. The van der Waals surface area contributed by atoms with Gasteiger partial charge in [-0.3, -0.25) is 0 Å². The average molecular weight is 256 g/mol. The van der Waals surface area contributed by atoms with Gasteiger partial charge in [-0.05, 0) is 41.8 Å². The van der Waals surface area contributed by atoms with Crippen molar-refractivity contribution in [1.29, 1.82) is 0 Å². The third-order valence-electron chi connectivity index (χ3n) is 2.83. The van der Waals surface area contributed by atoms with E-state index in [1.165, 1.54) is 12.1 Å². The molecule has 19 heavy (non-hydrogen) atoms. The molecule has 2 aromatic carbocycles. The molecule has 2 nitrogen and oxygen atoms in total. The zero-order valence-electron chi connectivity index (χ0n) is 10.4. The highest BCUT2D eigenvalue weighted by Crippen LogP contribution is 2.25.